The van der Waals surface area contributed by atoms with Gasteiger partial charge in [0.05, 0.1) is 5.56 Å². The third-order valence-corrected chi connectivity index (χ3v) is 4.11. The quantitative estimate of drug-likeness (QED) is 0.731. The molecular weight excluding hydrogens is 358 g/mol. The van der Waals surface area contributed by atoms with E-state index < -0.39 is 6.10 Å². The molecule has 2 amide bonds. The van der Waals surface area contributed by atoms with Gasteiger partial charge in [0.15, 0.2) is 11.5 Å². The molecule has 0 fully saturated rings. The number of aromatic nitrogens is 1. The van der Waals surface area contributed by atoms with Gasteiger partial charge in [-0.15, -0.1) is 0 Å². The molecule has 1 aliphatic heterocycles. The van der Waals surface area contributed by atoms with Crippen LogP contribution in [0.2, 0.25) is 0 Å². The van der Waals surface area contributed by atoms with Gasteiger partial charge in [-0.25, -0.2) is 0 Å². The number of pyridine rings is 1. The molecule has 140 valence electrons. The molecule has 4 rings (SSSR count). The maximum Gasteiger partial charge on any atom is 0.269 e. The number of nitrogens with one attached hydrogen (secondary N) is 2. The maximum absolute atomic E-state index is 12.5. The van der Waals surface area contributed by atoms with E-state index in [-0.39, 0.29) is 18.4 Å². The first-order valence-corrected chi connectivity index (χ1v) is 8.70. The van der Waals surface area contributed by atoms with Crippen LogP contribution in [0.15, 0.2) is 73.1 Å². The van der Waals surface area contributed by atoms with Crippen LogP contribution in [0.5, 0.6) is 11.5 Å². The zero-order valence-corrected chi connectivity index (χ0v) is 14.8. The highest BCUT2D eigenvalue weighted by Crippen LogP contribution is 2.31. The number of para-hydroxylation sites is 2. The second-order valence-corrected chi connectivity index (χ2v) is 6.13. The smallest absolute Gasteiger partial charge is 0.269 e. The number of anilines is 2. The van der Waals surface area contributed by atoms with Crippen LogP contribution in [0.4, 0.5) is 11.4 Å². The third kappa shape index (κ3) is 3.93. The molecule has 28 heavy (non-hydrogen) atoms. The van der Waals surface area contributed by atoms with Crippen LogP contribution >= 0.6 is 0 Å². The molecular formula is C21H17N3O4. The average Bonchev–Trinajstić information content (AvgIpc) is 2.74. The summed E-state index contributed by atoms with van der Waals surface area (Å²) in [5, 5.41) is 5.57. The van der Waals surface area contributed by atoms with Gasteiger partial charge in [0.25, 0.3) is 11.8 Å². The van der Waals surface area contributed by atoms with Crippen molar-refractivity contribution in [2.24, 2.45) is 0 Å². The Bertz CT molecular complexity index is 1010. The predicted molar refractivity (Wildman–Crippen MR) is 104 cm³/mol. The summed E-state index contributed by atoms with van der Waals surface area (Å²) in [6.07, 6.45) is 2.32. The van der Waals surface area contributed by atoms with Crippen molar-refractivity contribution < 1.29 is 19.1 Å². The zero-order chi connectivity index (χ0) is 19.3. The van der Waals surface area contributed by atoms with Gasteiger partial charge in [0.2, 0.25) is 6.10 Å². The highest BCUT2D eigenvalue weighted by molar-refractivity contribution is 6.04. The fourth-order valence-electron chi connectivity index (χ4n) is 2.75. The Balaban J connectivity index is 1.41. The summed E-state index contributed by atoms with van der Waals surface area (Å²) in [5.41, 5.74) is 1.54. The van der Waals surface area contributed by atoms with Crippen molar-refractivity contribution in [1.29, 1.82) is 0 Å². The van der Waals surface area contributed by atoms with Crippen LogP contribution in [0.1, 0.15) is 10.4 Å². The summed E-state index contributed by atoms with van der Waals surface area (Å²) in [6, 6.07) is 17.4. The number of hydrogen-bond acceptors (Lipinski definition) is 5. The minimum absolute atomic E-state index is 0.125. The van der Waals surface area contributed by atoms with Crippen molar-refractivity contribution in [1.82, 2.24) is 4.98 Å². The van der Waals surface area contributed by atoms with Crippen LogP contribution < -0.4 is 20.1 Å². The first-order valence-electron chi connectivity index (χ1n) is 8.70. The second-order valence-electron chi connectivity index (χ2n) is 6.13. The number of fused-ring (bicyclic) bond motifs is 1. The topological polar surface area (TPSA) is 89.6 Å². The molecule has 7 heteroatoms. The Hall–Kier alpha value is -3.87. The lowest BCUT2D eigenvalue weighted by molar-refractivity contribution is -0.125. The molecule has 7 nitrogen and oxygen atoms in total. The Morgan fingerprint density at radius 1 is 0.929 bits per heavy atom. The van der Waals surface area contributed by atoms with E-state index in [4.69, 9.17) is 9.47 Å². The van der Waals surface area contributed by atoms with Crippen LogP contribution in [-0.4, -0.2) is 29.5 Å². The Kier molecular flexibility index (Phi) is 4.88. The number of hydrogen-bond donors (Lipinski definition) is 2. The number of rotatable bonds is 4. The minimum Gasteiger partial charge on any atom is -0.485 e. The molecule has 2 N–H and O–H groups in total. The fraction of sp³-hybridized carbons (Fsp3) is 0.0952. The summed E-state index contributed by atoms with van der Waals surface area (Å²) < 4.78 is 11.3. The normalized spacial score (nSPS) is 14.8. The zero-order valence-electron chi connectivity index (χ0n) is 14.8. The highest BCUT2D eigenvalue weighted by atomic mass is 16.6. The highest BCUT2D eigenvalue weighted by Gasteiger charge is 2.27. The summed E-state index contributed by atoms with van der Waals surface area (Å²) in [6.45, 7) is 0.125. The average molecular weight is 375 g/mol. The number of carbonyl (C=O) groups is 2. The molecule has 1 unspecified atom stereocenters. The molecule has 0 spiro atoms. The van der Waals surface area contributed by atoms with E-state index in [1.807, 2.05) is 12.1 Å². The maximum atomic E-state index is 12.5. The summed E-state index contributed by atoms with van der Waals surface area (Å²) in [7, 11) is 0. The van der Waals surface area contributed by atoms with Crippen LogP contribution in [0.3, 0.4) is 0 Å². The number of amides is 2. The van der Waals surface area contributed by atoms with Gasteiger partial charge >= 0.3 is 0 Å². The van der Waals surface area contributed by atoms with Gasteiger partial charge in [0, 0.05) is 23.8 Å². The van der Waals surface area contributed by atoms with E-state index >= 15 is 0 Å². The van der Waals surface area contributed by atoms with Gasteiger partial charge in [-0.3, -0.25) is 14.6 Å². The molecule has 0 radical (unpaired) electrons. The molecule has 0 saturated heterocycles. The minimum atomic E-state index is -0.761. The number of carbonyl (C=O) groups excluding carboxylic acids is 2. The van der Waals surface area contributed by atoms with E-state index in [0.717, 1.165) is 0 Å². The molecule has 3 aromatic rings. The largest absolute Gasteiger partial charge is 0.485 e. The van der Waals surface area contributed by atoms with E-state index in [9.17, 15) is 9.59 Å². The SMILES string of the molecule is O=C(Nc1cccc(NC(=O)C2COc3ccccc3O2)c1)c1cccnc1. The number of benzene rings is 2. The van der Waals surface area contributed by atoms with Crippen molar-refractivity contribution >= 4 is 23.2 Å². The van der Waals surface area contributed by atoms with Crippen molar-refractivity contribution in [2.75, 3.05) is 17.2 Å². The fourth-order valence-corrected chi connectivity index (χ4v) is 2.75. The van der Waals surface area contributed by atoms with E-state index in [1.165, 1.54) is 6.20 Å². The van der Waals surface area contributed by atoms with E-state index in [0.29, 0.717) is 28.4 Å². The van der Waals surface area contributed by atoms with Crippen molar-refractivity contribution in [3.8, 4) is 11.5 Å². The lowest BCUT2D eigenvalue weighted by Gasteiger charge is -2.25. The molecule has 2 heterocycles. The number of ether oxygens (including phenoxy) is 2. The molecule has 0 bridgehead atoms. The van der Waals surface area contributed by atoms with Gasteiger partial charge < -0.3 is 20.1 Å². The first-order chi connectivity index (χ1) is 13.7. The first kappa shape index (κ1) is 17.5. The molecule has 2 aromatic carbocycles. The van der Waals surface area contributed by atoms with Crippen molar-refractivity contribution in [3.63, 3.8) is 0 Å². The standard InChI is InChI=1S/C21H17N3O4/c25-20(14-5-4-10-22-12-14)23-15-6-3-7-16(11-15)24-21(26)19-13-27-17-8-1-2-9-18(17)28-19/h1-12,19H,13H2,(H,23,25)(H,24,26). The summed E-state index contributed by atoms with van der Waals surface area (Å²) in [5.74, 6) is 0.542. The molecule has 0 aliphatic carbocycles. The molecule has 1 aliphatic rings. The van der Waals surface area contributed by atoms with E-state index in [1.54, 1.807) is 54.7 Å². The Morgan fingerprint density at radius 2 is 1.71 bits per heavy atom. The van der Waals surface area contributed by atoms with Crippen LogP contribution in [0, 0.1) is 0 Å². The molecule has 0 saturated carbocycles. The van der Waals surface area contributed by atoms with Gasteiger partial charge in [-0.1, -0.05) is 18.2 Å². The Labute approximate surface area is 161 Å². The monoisotopic (exact) mass is 375 g/mol. The lowest BCUT2D eigenvalue weighted by atomic mass is 10.2. The predicted octanol–water partition coefficient (Wildman–Crippen LogP) is 3.11. The lowest BCUT2D eigenvalue weighted by Crippen LogP contribution is -2.40. The van der Waals surface area contributed by atoms with E-state index in [2.05, 4.69) is 15.6 Å². The van der Waals surface area contributed by atoms with Gasteiger partial charge in [-0.2, -0.15) is 0 Å². The summed E-state index contributed by atoms with van der Waals surface area (Å²) >= 11 is 0. The molecule has 1 atom stereocenters. The van der Waals surface area contributed by atoms with Gasteiger partial charge in [0.1, 0.15) is 6.61 Å². The van der Waals surface area contributed by atoms with Crippen molar-refractivity contribution in [3.05, 3.63) is 78.6 Å². The summed E-state index contributed by atoms with van der Waals surface area (Å²) in [4.78, 5) is 28.7. The third-order valence-electron chi connectivity index (χ3n) is 4.11. The van der Waals surface area contributed by atoms with Crippen LogP contribution in [-0.2, 0) is 4.79 Å². The Morgan fingerprint density at radius 3 is 2.50 bits per heavy atom. The number of nitrogens with zero attached hydrogens (tertiary/aromatic N) is 1. The van der Waals surface area contributed by atoms with Crippen LogP contribution in [0.25, 0.3) is 0 Å². The second kappa shape index (κ2) is 7.79. The van der Waals surface area contributed by atoms with Crippen molar-refractivity contribution in [2.45, 2.75) is 6.10 Å². The van der Waals surface area contributed by atoms with Gasteiger partial charge in [-0.05, 0) is 42.5 Å². The molecule has 1 aromatic heterocycles.